The maximum absolute atomic E-state index is 5.45. The van der Waals surface area contributed by atoms with Crippen molar-refractivity contribution in [2.75, 3.05) is 0 Å². The Balaban J connectivity index is 1.34. The van der Waals surface area contributed by atoms with Crippen LogP contribution in [0.1, 0.15) is 0 Å². The molecule has 0 N–H and O–H groups in total. The summed E-state index contributed by atoms with van der Waals surface area (Å²) in [5.41, 5.74) is 11.5. The highest BCUT2D eigenvalue weighted by atomic mass is 15.1. The van der Waals surface area contributed by atoms with Crippen LogP contribution in [-0.2, 0) is 0 Å². The van der Waals surface area contributed by atoms with Gasteiger partial charge in [-0.3, -0.25) is 14.0 Å². The first-order valence-corrected chi connectivity index (χ1v) is 17.5. The molecule has 11 rings (SSSR count). The predicted molar refractivity (Wildman–Crippen MR) is 214 cm³/mol. The van der Waals surface area contributed by atoms with Crippen molar-refractivity contribution in [1.29, 1.82) is 0 Å². The predicted octanol–water partition coefficient (Wildman–Crippen LogP) is 11.7. The van der Waals surface area contributed by atoms with Gasteiger partial charge in [-0.05, 0) is 52.9 Å². The van der Waals surface area contributed by atoms with Crippen LogP contribution >= 0.6 is 0 Å². The average molecular weight is 664 g/mol. The highest BCUT2D eigenvalue weighted by Crippen LogP contribution is 2.43. The first kappa shape index (κ1) is 28.7. The van der Waals surface area contributed by atoms with Crippen molar-refractivity contribution in [3.05, 3.63) is 176 Å². The molecule has 0 aliphatic carbocycles. The molecule has 5 heteroatoms. The van der Waals surface area contributed by atoms with Crippen LogP contribution in [0.4, 0.5) is 0 Å². The third-order valence-corrected chi connectivity index (χ3v) is 10.3. The lowest BCUT2D eigenvalue weighted by Crippen LogP contribution is -1.99. The third-order valence-electron chi connectivity index (χ3n) is 10.3. The number of fused-ring (bicyclic) bond motifs is 10. The van der Waals surface area contributed by atoms with Gasteiger partial charge in [0.2, 0.25) is 0 Å². The lowest BCUT2D eigenvalue weighted by atomic mass is 9.99. The summed E-state index contributed by atoms with van der Waals surface area (Å²) in [5, 5.41) is 5.81. The number of para-hydroxylation sites is 3. The van der Waals surface area contributed by atoms with Gasteiger partial charge in [0.25, 0.3) is 0 Å². The molecule has 0 unspecified atom stereocenters. The van der Waals surface area contributed by atoms with Crippen LogP contribution in [0.2, 0.25) is 0 Å². The molecule has 11 aromatic rings. The van der Waals surface area contributed by atoms with E-state index < -0.39 is 0 Å². The normalized spacial score (nSPS) is 11.8. The van der Waals surface area contributed by atoms with Crippen LogP contribution in [0.3, 0.4) is 0 Å². The number of aromatic nitrogens is 5. The molecule has 0 spiro atoms. The number of imidazole rings is 1. The Labute approximate surface area is 298 Å². The van der Waals surface area contributed by atoms with Crippen molar-refractivity contribution in [2.45, 2.75) is 0 Å². The molecule has 0 bridgehead atoms. The highest BCUT2D eigenvalue weighted by Gasteiger charge is 2.23. The van der Waals surface area contributed by atoms with E-state index in [0.29, 0.717) is 0 Å². The summed E-state index contributed by atoms with van der Waals surface area (Å²) >= 11 is 0. The van der Waals surface area contributed by atoms with Crippen LogP contribution in [0, 0.1) is 0 Å². The molecule has 52 heavy (non-hydrogen) atoms. The monoisotopic (exact) mass is 663 g/mol. The van der Waals surface area contributed by atoms with Crippen molar-refractivity contribution < 1.29 is 0 Å². The fourth-order valence-corrected chi connectivity index (χ4v) is 7.97. The first-order valence-electron chi connectivity index (χ1n) is 17.5. The van der Waals surface area contributed by atoms with Crippen molar-refractivity contribution in [1.82, 2.24) is 23.9 Å². The van der Waals surface area contributed by atoms with Gasteiger partial charge in [-0.1, -0.05) is 133 Å². The van der Waals surface area contributed by atoms with Gasteiger partial charge >= 0.3 is 0 Å². The molecule has 0 aliphatic rings. The van der Waals surface area contributed by atoms with Crippen molar-refractivity contribution >= 4 is 60.0 Å². The van der Waals surface area contributed by atoms with Gasteiger partial charge in [0.15, 0.2) is 5.82 Å². The third kappa shape index (κ3) is 4.26. The molecular weight excluding hydrogens is 635 g/mol. The molecule has 242 valence electrons. The van der Waals surface area contributed by atoms with Crippen molar-refractivity contribution in [3.63, 3.8) is 0 Å². The smallest absolute Gasteiger partial charge is 0.156 e. The number of hydrogen-bond acceptors (Lipinski definition) is 3. The van der Waals surface area contributed by atoms with E-state index in [1.165, 1.54) is 16.3 Å². The highest BCUT2D eigenvalue weighted by molar-refractivity contribution is 6.23. The maximum atomic E-state index is 5.45. The quantitative estimate of drug-likeness (QED) is 0.176. The molecule has 0 atom stereocenters. The summed E-state index contributed by atoms with van der Waals surface area (Å²) in [6.07, 6.45) is 1.90. The zero-order valence-corrected chi connectivity index (χ0v) is 28.0. The summed E-state index contributed by atoms with van der Waals surface area (Å²) in [7, 11) is 0. The van der Waals surface area contributed by atoms with Gasteiger partial charge in [-0.2, -0.15) is 0 Å². The second-order valence-corrected chi connectivity index (χ2v) is 13.3. The van der Waals surface area contributed by atoms with Gasteiger partial charge in [-0.25, -0.2) is 9.97 Å². The molecule has 4 aromatic heterocycles. The fourth-order valence-electron chi connectivity index (χ4n) is 7.97. The second kappa shape index (κ2) is 11.2. The molecule has 5 nitrogen and oxygen atoms in total. The Morgan fingerprint density at radius 3 is 1.81 bits per heavy atom. The molecule has 0 saturated carbocycles. The number of nitrogens with zero attached hydrogens (tertiary/aromatic N) is 5. The van der Waals surface area contributed by atoms with E-state index in [-0.39, 0.29) is 0 Å². The number of benzene rings is 7. The van der Waals surface area contributed by atoms with Crippen LogP contribution in [-0.4, -0.2) is 23.9 Å². The van der Waals surface area contributed by atoms with E-state index in [0.717, 1.165) is 83.3 Å². The first-order chi connectivity index (χ1) is 25.8. The zero-order valence-electron chi connectivity index (χ0n) is 28.0. The van der Waals surface area contributed by atoms with Gasteiger partial charge in [0.1, 0.15) is 5.82 Å². The van der Waals surface area contributed by atoms with Crippen molar-refractivity contribution in [3.8, 4) is 39.6 Å². The molecule has 7 aromatic carbocycles. The summed E-state index contributed by atoms with van der Waals surface area (Å²) < 4.78 is 4.65. The average Bonchev–Trinajstić information content (AvgIpc) is 3.78. The molecule has 4 heterocycles. The standard InChI is InChI=1S/C47H29N5/c1-4-14-30(15-5-1)33-24-25-35-37-27-36-34-20-10-13-23-41(34)52-46(45(31-16-6-2-7-17-31)50-47(52)32-18-8-3-9-19-32)38(36)28-43(37)51(42(35)26-33)44-29-48-39-21-11-12-22-40(39)49-44/h1-29H. The van der Waals surface area contributed by atoms with Crippen molar-refractivity contribution in [2.24, 2.45) is 0 Å². The Hall–Kier alpha value is -7.11. The molecule has 0 aliphatic heterocycles. The van der Waals surface area contributed by atoms with Crippen LogP contribution in [0.15, 0.2) is 176 Å². The lowest BCUT2D eigenvalue weighted by molar-refractivity contribution is 1.08. The summed E-state index contributed by atoms with van der Waals surface area (Å²) in [6.45, 7) is 0. The van der Waals surface area contributed by atoms with Crippen LogP contribution < -0.4 is 0 Å². The minimum absolute atomic E-state index is 0.779. The largest absolute Gasteiger partial charge is 0.292 e. The minimum Gasteiger partial charge on any atom is -0.292 e. The Bertz CT molecular complexity index is 3160. The summed E-state index contributed by atoms with van der Waals surface area (Å²) in [5.74, 6) is 1.70. The lowest BCUT2D eigenvalue weighted by Gasteiger charge is -2.13. The zero-order chi connectivity index (χ0) is 34.2. The summed E-state index contributed by atoms with van der Waals surface area (Å²) in [4.78, 5) is 15.5. The molecule has 0 amide bonds. The van der Waals surface area contributed by atoms with E-state index in [9.17, 15) is 0 Å². The summed E-state index contributed by atoms with van der Waals surface area (Å²) in [6, 6.07) is 59.9. The molecule has 0 saturated heterocycles. The van der Waals surface area contributed by atoms with Crippen LogP contribution in [0.5, 0.6) is 0 Å². The van der Waals surface area contributed by atoms with E-state index in [4.69, 9.17) is 15.0 Å². The number of pyridine rings is 1. The fraction of sp³-hybridized carbons (Fsp3) is 0. The molecule has 0 fully saturated rings. The van der Waals surface area contributed by atoms with Gasteiger partial charge in [-0.15, -0.1) is 0 Å². The molecular formula is C47H29N5. The topological polar surface area (TPSA) is 48.0 Å². The van der Waals surface area contributed by atoms with Gasteiger partial charge < -0.3 is 0 Å². The van der Waals surface area contributed by atoms with Gasteiger partial charge in [0, 0.05) is 32.7 Å². The van der Waals surface area contributed by atoms with Gasteiger partial charge in [0.05, 0.1) is 45.0 Å². The Morgan fingerprint density at radius 1 is 0.385 bits per heavy atom. The Kier molecular flexibility index (Phi) is 6.18. The van der Waals surface area contributed by atoms with E-state index >= 15 is 0 Å². The molecule has 0 radical (unpaired) electrons. The van der Waals surface area contributed by atoms with Crippen LogP contribution in [0.25, 0.3) is 99.6 Å². The van der Waals surface area contributed by atoms with E-state index in [2.05, 4.69) is 155 Å². The number of hydrogen-bond donors (Lipinski definition) is 0. The number of rotatable bonds is 4. The minimum atomic E-state index is 0.779. The maximum Gasteiger partial charge on any atom is 0.156 e. The Morgan fingerprint density at radius 2 is 1.02 bits per heavy atom. The SMILES string of the molecule is c1ccc(-c2ccc3c4cc5c6ccccc6n6c(-c7ccccc7)nc(-c7ccccc7)c6c5cc4n(-c4cnc5ccccc5n4)c3c2)cc1. The van der Waals surface area contributed by atoms with E-state index in [1.54, 1.807) is 0 Å². The second-order valence-electron chi connectivity index (χ2n) is 13.3. The van der Waals surface area contributed by atoms with E-state index in [1.807, 2.05) is 30.5 Å².